The van der Waals surface area contributed by atoms with Crippen LogP contribution in [-0.4, -0.2) is 10.9 Å². The van der Waals surface area contributed by atoms with Crippen molar-refractivity contribution in [2.24, 2.45) is 5.92 Å². The number of unbranched alkanes of at least 4 members (excludes halogenated alkanes) is 1. The number of hydrogen-bond acceptors (Lipinski definition) is 1. The van der Waals surface area contributed by atoms with Gasteiger partial charge in [0.1, 0.15) is 0 Å². The summed E-state index contributed by atoms with van der Waals surface area (Å²) >= 11 is 0. The predicted molar refractivity (Wildman–Crippen MR) is 72.6 cm³/mol. The molecule has 0 saturated heterocycles. The van der Waals surface area contributed by atoms with Crippen LogP contribution >= 0.6 is 0 Å². The Morgan fingerprint density at radius 2 is 2.06 bits per heavy atom. The van der Waals surface area contributed by atoms with Crippen molar-refractivity contribution in [1.82, 2.24) is 4.57 Å². The first-order valence-electron chi connectivity index (χ1n) is 6.75. The molecule has 1 unspecified atom stereocenters. The lowest BCUT2D eigenvalue weighted by atomic mass is 9.99. The predicted octanol–water partition coefficient (Wildman–Crippen LogP) is 4.13. The van der Waals surface area contributed by atoms with Gasteiger partial charge < -0.3 is 4.57 Å². The lowest BCUT2D eigenvalue weighted by Crippen LogP contribution is -2.12. The summed E-state index contributed by atoms with van der Waals surface area (Å²) in [6.45, 7) is 9.69. The van der Waals surface area contributed by atoms with E-state index in [1.165, 1.54) is 31.4 Å². The number of aromatic nitrogens is 1. The third-order valence-corrected chi connectivity index (χ3v) is 3.72. The molecule has 0 aliphatic rings. The molecule has 0 amide bonds. The maximum atomic E-state index is 10.9. The zero-order valence-electron chi connectivity index (χ0n) is 11.6. The van der Waals surface area contributed by atoms with Crippen LogP contribution in [0.5, 0.6) is 0 Å². The molecule has 1 aromatic rings. The van der Waals surface area contributed by atoms with Crippen molar-refractivity contribution in [3.63, 3.8) is 0 Å². The quantitative estimate of drug-likeness (QED) is 0.651. The minimum absolute atomic E-state index is 0.735. The summed E-state index contributed by atoms with van der Waals surface area (Å²) in [5.41, 5.74) is 3.17. The summed E-state index contributed by atoms with van der Waals surface area (Å²) in [5, 5.41) is 0. The Kier molecular flexibility index (Phi) is 5.46. The van der Waals surface area contributed by atoms with Crippen LogP contribution in [0.25, 0.3) is 0 Å². The number of carbonyl (C=O) groups is 1. The van der Waals surface area contributed by atoms with E-state index in [0.717, 1.165) is 30.0 Å². The fourth-order valence-electron chi connectivity index (χ4n) is 2.40. The molecule has 17 heavy (non-hydrogen) atoms. The Bertz CT molecular complexity index is 365. The molecular formula is C15H25NO. The van der Waals surface area contributed by atoms with Gasteiger partial charge in [-0.25, -0.2) is 0 Å². The third-order valence-electron chi connectivity index (χ3n) is 3.72. The maximum Gasteiger partial charge on any atom is 0.151 e. The summed E-state index contributed by atoms with van der Waals surface area (Å²) in [6, 6.07) is 1.99. The third kappa shape index (κ3) is 3.45. The SMILES string of the molecule is CCCCC(CC)Cn1c(C)cc(C=O)c1C. The van der Waals surface area contributed by atoms with Crippen LogP contribution in [0.4, 0.5) is 0 Å². The molecule has 1 heterocycles. The van der Waals surface area contributed by atoms with Crippen molar-refractivity contribution >= 4 is 6.29 Å². The maximum absolute atomic E-state index is 10.9. The molecule has 0 bridgehead atoms. The van der Waals surface area contributed by atoms with Gasteiger partial charge in [0, 0.05) is 23.5 Å². The van der Waals surface area contributed by atoms with Crippen molar-refractivity contribution in [2.75, 3.05) is 0 Å². The zero-order valence-corrected chi connectivity index (χ0v) is 11.6. The number of carbonyl (C=O) groups excluding carboxylic acids is 1. The van der Waals surface area contributed by atoms with E-state index in [1.807, 2.05) is 13.0 Å². The second-order valence-electron chi connectivity index (χ2n) is 4.97. The highest BCUT2D eigenvalue weighted by atomic mass is 16.1. The Labute approximate surface area is 105 Å². The molecule has 1 aromatic heterocycles. The van der Waals surface area contributed by atoms with Crippen LogP contribution in [0.1, 0.15) is 61.3 Å². The fourth-order valence-corrected chi connectivity index (χ4v) is 2.40. The van der Waals surface area contributed by atoms with Crippen LogP contribution in [0.15, 0.2) is 6.07 Å². The smallest absolute Gasteiger partial charge is 0.151 e. The largest absolute Gasteiger partial charge is 0.348 e. The normalized spacial score (nSPS) is 12.7. The first-order chi connectivity index (χ1) is 8.13. The van der Waals surface area contributed by atoms with E-state index in [1.54, 1.807) is 0 Å². The number of nitrogens with zero attached hydrogens (tertiary/aromatic N) is 1. The molecule has 2 nitrogen and oxygen atoms in total. The molecule has 2 heteroatoms. The highest BCUT2D eigenvalue weighted by Crippen LogP contribution is 2.20. The highest BCUT2D eigenvalue weighted by Gasteiger charge is 2.12. The van der Waals surface area contributed by atoms with E-state index in [0.29, 0.717) is 0 Å². The lowest BCUT2D eigenvalue weighted by Gasteiger charge is -2.18. The Hall–Kier alpha value is -1.05. The Morgan fingerprint density at radius 1 is 1.35 bits per heavy atom. The summed E-state index contributed by atoms with van der Waals surface area (Å²) in [5.74, 6) is 0.735. The zero-order chi connectivity index (χ0) is 12.8. The summed E-state index contributed by atoms with van der Waals surface area (Å²) in [6.07, 6.45) is 6.04. The molecule has 0 saturated carbocycles. The van der Waals surface area contributed by atoms with Crippen molar-refractivity contribution in [3.05, 3.63) is 23.0 Å². The first kappa shape index (κ1) is 14.0. The van der Waals surface area contributed by atoms with E-state index in [2.05, 4.69) is 25.3 Å². The summed E-state index contributed by atoms with van der Waals surface area (Å²) in [7, 11) is 0. The first-order valence-corrected chi connectivity index (χ1v) is 6.75. The van der Waals surface area contributed by atoms with Gasteiger partial charge in [0.25, 0.3) is 0 Å². The molecule has 0 N–H and O–H groups in total. The van der Waals surface area contributed by atoms with Gasteiger partial charge in [0.15, 0.2) is 6.29 Å². The standard InChI is InChI=1S/C15H25NO/c1-5-7-8-14(6-2)10-16-12(3)9-15(11-17)13(16)4/h9,11,14H,5-8,10H2,1-4H3. The van der Waals surface area contributed by atoms with E-state index < -0.39 is 0 Å². The van der Waals surface area contributed by atoms with Gasteiger partial charge in [-0.3, -0.25) is 4.79 Å². The average Bonchev–Trinajstić information content (AvgIpc) is 2.60. The fraction of sp³-hybridized carbons (Fsp3) is 0.667. The molecule has 1 atom stereocenters. The summed E-state index contributed by atoms with van der Waals surface area (Å²) in [4.78, 5) is 10.9. The van der Waals surface area contributed by atoms with Gasteiger partial charge >= 0.3 is 0 Å². The number of aldehydes is 1. The van der Waals surface area contributed by atoms with Gasteiger partial charge in [-0.1, -0.05) is 33.1 Å². The topological polar surface area (TPSA) is 22.0 Å². The summed E-state index contributed by atoms with van der Waals surface area (Å²) < 4.78 is 2.30. The number of rotatable bonds is 7. The highest BCUT2D eigenvalue weighted by molar-refractivity contribution is 5.77. The molecule has 0 radical (unpaired) electrons. The minimum atomic E-state index is 0.735. The molecule has 1 rings (SSSR count). The van der Waals surface area contributed by atoms with E-state index in [-0.39, 0.29) is 0 Å². The van der Waals surface area contributed by atoms with Crippen molar-refractivity contribution in [1.29, 1.82) is 0 Å². The van der Waals surface area contributed by atoms with Crippen LogP contribution < -0.4 is 0 Å². The van der Waals surface area contributed by atoms with Crippen molar-refractivity contribution in [3.8, 4) is 0 Å². The molecule has 0 fully saturated rings. The Balaban J connectivity index is 2.78. The Morgan fingerprint density at radius 3 is 2.53 bits per heavy atom. The molecule has 96 valence electrons. The van der Waals surface area contributed by atoms with E-state index >= 15 is 0 Å². The molecule has 0 aromatic carbocycles. The van der Waals surface area contributed by atoms with Crippen LogP contribution in [0, 0.1) is 19.8 Å². The minimum Gasteiger partial charge on any atom is -0.348 e. The van der Waals surface area contributed by atoms with E-state index in [4.69, 9.17) is 0 Å². The van der Waals surface area contributed by atoms with Crippen LogP contribution in [0.3, 0.4) is 0 Å². The van der Waals surface area contributed by atoms with E-state index in [9.17, 15) is 4.79 Å². The van der Waals surface area contributed by atoms with Crippen molar-refractivity contribution < 1.29 is 4.79 Å². The van der Waals surface area contributed by atoms with Gasteiger partial charge in [-0.2, -0.15) is 0 Å². The monoisotopic (exact) mass is 235 g/mol. The van der Waals surface area contributed by atoms with Crippen LogP contribution in [0.2, 0.25) is 0 Å². The molecule has 0 spiro atoms. The number of hydrogen-bond donors (Lipinski definition) is 0. The molecular weight excluding hydrogens is 210 g/mol. The average molecular weight is 235 g/mol. The van der Waals surface area contributed by atoms with Gasteiger partial charge in [0.2, 0.25) is 0 Å². The van der Waals surface area contributed by atoms with Crippen molar-refractivity contribution in [2.45, 2.75) is 59.9 Å². The van der Waals surface area contributed by atoms with Gasteiger partial charge in [-0.05, 0) is 32.3 Å². The molecule has 0 aliphatic carbocycles. The number of aryl methyl sites for hydroxylation is 1. The second-order valence-corrected chi connectivity index (χ2v) is 4.97. The second kappa shape index (κ2) is 6.63. The van der Waals surface area contributed by atoms with Gasteiger partial charge in [-0.15, -0.1) is 0 Å². The van der Waals surface area contributed by atoms with Crippen LogP contribution in [-0.2, 0) is 6.54 Å². The lowest BCUT2D eigenvalue weighted by molar-refractivity contribution is 0.112. The molecule has 0 aliphatic heterocycles. The van der Waals surface area contributed by atoms with Gasteiger partial charge in [0.05, 0.1) is 0 Å².